The van der Waals surface area contributed by atoms with E-state index < -0.39 is 0 Å². The first-order valence-corrected chi connectivity index (χ1v) is 4.97. The number of carbonyl (C=O) groups is 1. The van der Waals surface area contributed by atoms with E-state index in [4.69, 9.17) is 9.47 Å². The first-order valence-electron chi connectivity index (χ1n) is 4.97. The van der Waals surface area contributed by atoms with Crippen molar-refractivity contribution in [2.45, 2.75) is 39.2 Å². The standard InChI is InChI=1S/C10H17NO3/c1-4-8-11-10(3,6-13-8)7-14-9(12)5-2/h4-7H2,1-3H3. The molecule has 14 heavy (non-hydrogen) atoms. The van der Waals surface area contributed by atoms with Crippen LogP contribution in [0.4, 0.5) is 0 Å². The lowest BCUT2D eigenvalue weighted by atomic mass is 10.1. The molecule has 0 saturated carbocycles. The van der Waals surface area contributed by atoms with Crippen molar-refractivity contribution in [1.29, 1.82) is 0 Å². The molecule has 1 atom stereocenters. The molecule has 0 aliphatic carbocycles. The minimum atomic E-state index is -0.379. The third kappa shape index (κ3) is 2.72. The second kappa shape index (κ2) is 4.44. The van der Waals surface area contributed by atoms with Crippen LogP contribution in [-0.2, 0) is 14.3 Å². The molecule has 1 aliphatic heterocycles. The fourth-order valence-corrected chi connectivity index (χ4v) is 1.20. The van der Waals surface area contributed by atoms with Crippen LogP contribution in [0.1, 0.15) is 33.6 Å². The van der Waals surface area contributed by atoms with Gasteiger partial charge in [-0.05, 0) is 6.92 Å². The van der Waals surface area contributed by atoms with E-state index in [-0.39, 0.29) is 11.5 Å². The number of nitrogens with zero attached hydrogens (tertiary/aromatic N) is 1. The maximum absolute atomic E-state index is 11.0. The SMILES string of the molecule is CCC(=O)OCC1(C)COC(CC)=N1. The molecule has 0 N–H and O–H groups in total. The van der Waals surface area contributed by atoms with Gasteiger partial charge in [-0.1, -0.05) is 13.8 Å². The Morgan fingerprint density at radius 2 is 2.36 bits per heavy atom. The van der Waals surface area contributed by atoms with Gasteiger partial charge in [-0.2, -0.15) is 0 Å². The topological polar surface area (TPSA) is 47.9 Å². The highest BCUT2D eigenvalue weighted by Gasteiger charge is 2.32. The highest BCUT2D eigenvalue weighted by atomic mass is 16.5. The zero-order valence-electron chi connectivity index (χ0n) is 9.00. The number of aliphatic imine (C=N–C) groups is 1. The minimum Gasteiger partial charge on any atom is -0.478 e. The summed E-state index contributed by atoms with van der Waals surface area (Å²) in [5, 5.41) is 0. The molecule has 0 aromatic rings. The van der Waals surface area contributed by atoms with E-state index in [1.807, 2.05) is 13.8 Å². The summed E-state index contributed by atoms with van der Waals surface area (Å²) in [5.41, 5.74) is -0.379. The average Bonchev–Trinajstić information content (AvgIpc) is 2.57. The predicted molar refractivity (Wildman–Crippen MR) is 53.3 cm³/mol. The van der Waals surface area contributed by atoms with Crippen LogP contribution >= 0.6 is 0 Å². The third-order valence-electron chi connectivity index (χ3n) is 2.08. The molecular formula is C10H17NO3. The predicted octanol–water partition coefficient (Wildman–Crippen LogP) is 1.54. The zero-order valence-corrected chi connectivity index (χ0v) is 9.00. The summed E-state index contributed by atoms with van der Waals surface area (Å²) in [6, 6.07) is 0. The van der Waals surface area contributed by atoms with Crippen LogP contribution in [-0.4, -0.2) is 30.6 Å². The Labute approximate surface area is 84.3 Å². The third-order valence-corrected chi connectivity index (χ3v) is 2.08. The van der Waals surface area contributed by atoms with Crippen molar-refractivity contribution in [2.75, 3.05) is 13.2 Å². The van der Waals surface area contributed by atoms with E-state index in [2.05, 4.69) is 4.99 Å². The molecule has 4 heteroatoms. The van der Waals surface area contributed by atoms with E-state index in [0.717, 1.165) is 12.3 Å². The summed E-state index contributed by atoms with van der Waals surface area (Å²) in [5.74, 6) is 0.562. The summed E-state index contributed by atoms with van der Waals surface area (Å²) in [7, 11) is 0. The first kappa shape index (κ1) is 11.0. The Morgan fingerprint density at radius 3 is 2.86 bits per heavy atom. The zero-order chi connectivity index (χ0) is 10.6. The van der Waals surface area contributed by atoms with E-state index in [0.29, 0.717) is 19.6 Å². The van der Waals surface area contributed by atoms with Gasteiger partial charge in [-0.15, -0.1) is 0 Å². The first-order chi connectivity index (χ1) is 6.59. The minimum absolute atomic E-state index is 0.189. The van der Waals surface area contributed by atoms with Crippen molar-refractivity contribution in [1.82, 2.24) is 0 Å². The van der Waals surface area contributed by atoms with Gasteiger partial charge in [0.25, 0.3) is 0 Å². The van der Waals surface area contributed by atoms with Crippen LogP contribution in [0, 0.1) is 0 Å². The summed E-state index contributed by atoms with van der Waals surface area (Å²) in [4.78, 5) is 15.3. The molecule has 0 saturated heterocycles. The maximum Gasteiger partial charge on any atom is 0.305 e. The van der Waals surface area contributed by atoms with Gasteiger partial charge in [-0.25, -0.2) is 4.99 Å². The number of ether oxygens (including phenoxy) is 2. The van der Waals surface area contributed by atoms with Gasteiger partial charge in [0, 0.05) is 12.8 Å². The molecule has 1 unspecified atom stereocenters. The fourth-order valence-electron chi connectivity index (χ4n) is 1.20. The molecule has 0 aromatic carbocycles. The van der Waals surface area contributed by atoms with E-state index in [9.17, 15) is 4.79 Å². The molecule has 0 spiro atoms. The lowest BCUT2D eigenvalue weighted by Gasteiger charge is -2.17. The summed E-state index contributed by atoms with van der Waals surface area (Å²) in [6.07, 6.45) is 1.19. The Kier molecular flexibility index (Phi) is 3.49. The van der Waals surface area contributed by atoms with Crippen LogP contribution < -0.4 is 0 Å². The molecule has 0 aromatic heterocycles. The number of rotatable bonds is 4. The molecular weight excluding hydrogens is 182 g/mol. The average molecular weight is 199 g/mol. The van der Waals surface area contributed by atoms with E-state index >= 15 is 0 Å². The van der Waals surface area contributed by atoms with Gasteiger partial charge >= 0.3 is 5.97 Å². The lowest BCUT2D eigenvalue weighted by Crippen LogP contribution is -2.31. The smallest absolute Gasteiger partial charge is 0.305 e. The Balaban J connectivity index is 2.44. The summed E-state index contributed by atoms with van der Waals surface area (Å²) in [6.45, 7) is 6.51. The van der Waals surface area contributed by atoms with Crippen molar-refractivity contribution < 1.29 is 14.3 Å². The number of hydrogen-bond acceptors (Lipinski definition) is 4. The van der Waals surface area contributed by atoms with Crippen molar-refractivity contribution in [2.24, 2.45) is 4.99 Å². The van der Waals surface area contributed by atoms with Gasteiger partial charge in [0.1, 0.15) is 18.8 Å². The monoisotopic (exact) mass is 199 g/mol. The highest BCUT2D eigenvalue weighted by molar-refractivity contribution is 5.78. The Bertz CT molecular complexity index is 250. The second-order valence-electron chi connectivity index (χ2n) is 3.66. The van der Waals surface area contributed by atoms with Gasteiger partial charge in [-0.3, -0.25) is 4.79 Å². The number of hydrogen-bond donors (Lipinski definition) is 0. The van der Waals surface area contributed by atoms with Crippen molar-refractivity contribution in [3.05, 3.63) is 0 Å². The van der Waals surface area contributed by atoms with Crippen LogP contribution in [0.3, 0.4) is 0 Å². The molecule has 1 rings (SSSR count). The summed E-state index contributed by atoms with van der Waals surface area (Å²) < 4.78 is 10.4. The van der Waals surface area contributed by atoms with Gasteiger partial charge in [0.2, 0.25) is 0 Å². The second-order valence-corrected chi connectivity index (χ2v) is 3.66. The van der Waals surface area contributed by atoms with Crippen molar-refractivity contribution in [3.63, 3.8) is 0 Å². The number of esters is 1. The molecule has 0 bridgehead atoms. The molecule has 80 valence electrons. The Hall–Kier alpha value is -1.06. The van der Waals surface area contributed by atoms with Gasteiger partial charge in [0.05, 0.1) is 0 Å². The van der Waals surface area contributed by atoms with E-state index in [1.165, 1.54) is 0 Å². The quantitative estimate of drug-likeness (QED) is 0.645. The highest BCUT2D eigenvalue weighted by Crippen LogP contribution is 2.19. The molecule has 0 radical (unpaired) electrons. The molecule has 0 fully saturated rings. The van der Waals surface area contributed by atoms with Crippen LogP contribution in [0.5, 0.6) is 0 Å². The van der Waals surface area contributed by atoms with Crippen molar-refractivity contribution >= 4 is 11.9 Å². The van der Waals surface area contributed by atoms with E-state index in [1.54, 1.807) is 6.92 Å². The molecule has 4 nitrogen and oxygen atoms in total. The fraction of sp³-hybridized carbons (Fsp3) is 0.800. The molecule has 0 amide bonds. The number of carbonyl (C=O) groups excluding carboxylic acids is 1. The van der Waals surface area contributed by atoms with Crippen molar-refractivity contribution in [3.8, 4) is 0 Å². The van der Waals surface area contributed by atoms with Gasteiger partial charge < -0.3 is 9.47 Å². The summed E-state index contributed by atoms with van der Waals surface area (Å²) >= 11 is 0. The Morgan fingerprint density at radius 1 is 1.64 bits per heavy atom. The van der Waals surface area contributed by atoms with Crippen LogP contribution in [0.15, 0.2) is 4.99 Å². The largest absolute Gasteiger partial charge is 0.478 e. The maximum atomic E-state index is 11.0. The van der Waals surface area contributed by atoms with Gasteiger partial charge in [0.15, 0.2) is 5.90 Å². The molecule has 1 aliphatic rings. The normalized spacial score (nSPS) is 25.5. The molecule has 1 heterocycles. The van der Waals surface area contributed by atoms with Crippen LogP contribution in [0.2, 0.25) is 0 Å². The lowest BCUT2D eigenvalue weighted by molar-refractivity contribution is -0.145. The van der Waals surface area contributed by atoms with Crippen LogP contribution in [0.25, 0.3) is 0 Å².